The van der Waals surface area contributed by atoms with Crippen molar-refractivity contribution < 1.29 is 9.53 Å². The van der Waals surface area contributed by atoms with Crippen LogP contribution in [0.25, 0.3) is 0 Å². The van der Waals surface area contributed by atoms with Crippen molar-refractivity contribution >= 4 is 56.9 Å². The van der Waals surface area contributed by atoms with Gasteiger partial charge in [-0.2, -0.15) is 0 Å². The molecule has 0 aliphatic carbocycles. The number of hydrogen-bond donors (Lipinski definition) is 2. The van der Waals surface area contributed by atoms with Crippen LogP contribution in [0.15, 0.2) is 21.0 Å². The van der Waals surface area contributed by atoms with E-state index in [9.17, 15) is 4.79 Å². The number of ether oxygens (including phenoxy) is 1. The second-order valence-corrected chi connectivity index (χ2v) is 3.94. The molecule has 0 rings (SSSR count). The summed E-state index contributed by atoms with van der Waals surface area (Å²) in [7, 11) is 1.21. The molecule has 0 unspecified atom stereocenters. The highest BCUT2D eigenvalue weighted by Gasteiger charge is 2.16. The molecule has 0 amide bonds. The molecular weight excluding hydrogens is 342 g/mol. The van der Waals surface area contributed by atoms with E-state index in [0.29, 0.717) is 0 Å². The Morgan fingerprint density at radius 1 is 1.57 bits per heavy atom. The molecule has 0 saturated heterocycles. The molecule has 0 aliphatic heterocycles. The molecule has 0 heterocycles. The predicted molar refractivity (Wildman–Crippen MR) is 64.8 cm³/mol. The highest BCUT2D eigenvalue weighted by molar-refractivity contribution is 14.1. The number of hydrogen-bond acceptors (Lipinski definition) is 4. The lowest BCUT2D eigenvalue weighted by molar-refractivity contribution is -0.136. The van der Waals surface area contributed by atoms with Crippen LogP contribution >= 0.6 is 45.8 Å². The van der Waals surface area contributed by atoms with Crippen LogP contribution in [-0.2, 0) is 9.53 Å². The fourth-order valence-electron chi connectivity index (χ4n) is 0.543. The normalized spacial score (nSPS) is 11.4. The minimum atomic E-state index is -0.665. The van der Waals surface area contributed by atoms with Crippen molar-refractivity contribution in [2.75, 3.05) is 7.11 Å². The monoisotopic (exact) mass is 348 g/mol. The van der Waals surface area contributed by atoms with E-state index in [1.165, 1.54) is 7.11 Å². The Hall–Kier alpha value is -0.270. The maximum atomic E-state index is 11.2. The van der Waals surface area contributed by atoms with Gasteiger partial charge in [-0.25, -0.2) is 4.79 Å². The number of methoxy groups -OCH3 is 1. The zero-order chi connectivity index (χ0) is 11.3. The van der Waals surface area contributed by atoms with Crippen molar-refractivity contribution in [3.8, 4) is 0 Å². The molecule has 0 aliphatic rings. The zero-order valence-electron chi connectivity index (χ0n) is 7.16. The summed E-state index contributed by atoms with van der Waals surface area (Å²) in [5.74, 6) is -0.665. The van der Waals surface area contributed by atoms with Gasteiger partial charge in [-0.1, -0.05) is 29.8 Å². The molecule has 14 heavy (non-hydrogen) atoms. The molecule has 0 fully saturated rings. The maximum absolute atomic E-state index is 11.2. The zero-order valence-corrected chi connectivity index (χ0v) is 10.8. The topological polar surface area (TPSA) is 62.2 Å². The molecule has 2 N–H and O–H groups in total. The summed E-state index contributed by atoms with van der Waals surface area (Å²) < 4.78 is 4.67. The second-order valence-electron chi connectivity index (χ2n) is 2.02. The molecule has 0 aromatic heterocycles. The van der Waals surface area contributed by atoms with Gasteiger partial charge in [0.15, 0.2) is 0 Å². The van der Waals surface area contributed by atoms with E-state index in [-0.39, 0.29) is 19.6 Å². The molecule has 0 saturated carbocycles. The Kier molecular flexibility index (Phi) is 6.14. The number of halogens is 3. The van der Waals surface area contributed by atoms with E-state index in [1.807, 2.05) is 0 Å². The number of carbonyl (C=O) groups excluding carboxylic acids is 1. The van der Waals surface area contributed by atoms with E-state index in [2.05, 4.69) is 16.6 Å². The lowest BCUT2D eigenvalue weighted by atomic mass is 10.4. The molecule has 0 atom stereocenters. The van der Waals surface area contributed by atoms with E-state index >= 15 is 0 Å². The van der Waals surface area contributed by atoms with Crippen molar-refractivity contribution in [2.45, 2.75) is 0 Å². The maximum Gasteiger partial charge on any atom is 0.355 e. The Balaban J connectivity index is 5.08. The summed E-state index contributed by atoms with van der Waals surface area (Å²) in [5, 5.41) is 9.34. The summed E-state index contributed by atoms with van der Waals surface area (Å²) in [6.07, 6.45) is 0. The first kappa shape index (κ1) is 13.7. The standard InChI is InChI=1S/C7H7Cl2IN2O2/c1-3(8)12-5(7(13)14-2)4(10)6(9)11/h11-12H,1H2,2H3. The van der Waals surface area contributed by atoms with Crippen molar-refractivity contribution in [3.63, 3.8) is 0 Å². The van der Waals surface area contributed by atoms with Gasteiger partial charge in [0.05, 0.1) is 15.8 Å². The summed E-state index contributed by atoms with van der Waals surface area (Å²) in [4.78, 5) is 11.2. The SMILES string of the molecule is C=C(Cl)NC(C(=O)OC)=C(I)C(=N)Cl. The Morgan fingerprint density at radius 3 is 2.36 bits per heavy atom. The Morgan fingerprint density at radius 2 is 2.07 bits per heavy atom. The van der Waals surface area contributed by atoms with Crippen molar-refractivity contribution in [1.29, 1.82) is 5.41 Å². The molecule has 0 aromatic rings. The third kappa shape index (κ3) is 4.30. The first-order valence-electron chi connectivity index (χ1n) is 3.24. The average molecular weight is 349 g/mol. The lowest BCUT2D eigenvalue weighted by Gasteiger charge is -2.08. The minimum absolute atomic E-state index is 0.00639. The largest absolute Gasteiger partial charge is 0.464 e. The van der Waals surface area contributed by atoms with E-state index in [1.54, 1.807) is 22.6 Å². The van der Waals surface area contributed by atoms with Gasteiger partial charge < -0.3 is 10.1 Å². The smallest absolute Gasteiger partial charge is 0.355 e. The van der Waals surface area contributed by atoms with Crippen LogP contribution in [0, 0.1) is 5.41 Å². The highest BCUT2D eigenvalue weighted by atomic mass is 127. The van der Waals surface area contributed by atoms with Crippen molar-refractivity contribution in [2.24, 2.45) is 0 Å². The van der Waals surface area contributed by atoms with Gasteiger partial charge in [0.25, 0.3) is 0 Å². The summed E-state index contributed by atoms with van der Waals surface area (Å²) in [6, 6.07) is 0. The summed E-state index contributed by atoms with van der Waals surface area (Å²) >= 11 is 12.6. The van der Waals surface area contributed by atoms with Gasteiger partial charge in [0.2, 0.25) is 0 Å². The van der Waals surface area contributed by atoms with Crippen LogP contribution in [-0.4, -0.2) is 18.2 Å². The quantitative estimate of drug-likeness (QED) is 0.269. The van der Waals surface area contributed by atoms with Crippen LogP contribution in [0.4, 0.5) is 0 Å². The number of rotatable bonds is 4. The second kappa shape index (κ2) is 6.26. The van der Waals surface area contributed by atoms with Crippen molar-refractivity contribution in [3.05, 3.63) is 21.0 Å². The van der Waals surface area contributed by atoms with Crippen molar-refractivity contribution in [1.82, 2.24) is 5.32 Å². The Bertz CT molecular complexity index is 315. The number of carbonyl (C=O) groups is 1. The number of nitrogens with one attached hydrogen (secondary N) is 2. The third-order valence-corrected chi connectivity index (χ3v) is 2.74. The van der Waals surface area contributed by atoms with Crippen LogP contribution in [0.2, 0.25) is 0 Å². The minimum Gasteiger partial charge on any atom is -0.464 e. The summed E-state index contributed by atoms with van der Waals surface area (Å²) in [6.45, 7) is 3.35. The van der Waals surface area contributed by atoms with Crippen LogP contribution < -0.4 is 5.32 Å². The first-order valence-corrected chi connectivity index (χ1v) is 5.07. The number of allylic oxidation sites excluding steroid dienone is 1. The lowest BCUT2D eigenvalue weighted by Crippen LogP contribution is -2.21. The first-order chi connectivity index (χ1) is 6.40. The molecular formula is C7H7Cl2IN2O2. The molecule has 7 heteroatoms. The molecule has 0 spiro atoms. The molecule has 0 radical (unpaired) electrons. The van der Waals surface area contributed by atoms with Gasteiger partial charge in [0, 0.05) is 0 Å². The molecule has 0 aromatic carbocycles. The molecule has 0 bridgehead atoms. The van der Waals surface area contributed by atoms with Crippen LogP contribution in [0.1, 0.15) is 0 Å². The summed E-state index contributed by atoms with van der Waals surface area (Å²) in [5.41, 5.74) is -0.00639. The third-order valence-electron chi connectivity index (χ3n) is 1.06. The highest BCUT2D eigenvalue weighted by Crippen LogP contribution is 2.17. The van der Waals surface area contributed by atoms with Gasteiger partial charge in [-0.15, -0.1) is 0 Å². The molecule has 78 valence electrons. The van der Waals surface area contributed by atoms with Gasteiger partial charge in [-0.05, 0) is 22.6 Å². The number of esters is 1. The van der Waals surface area contributed by atoms with E-state index < -0.39 is 5.97 Å². The fraction of sp³-hybridized carbons (Fsp3) is 0.143. The van der Waals surface area contributed by atoms with Gasteiger partial charge in [0.1, 0.15) is 10.9 Å². The van der Waals surface area contributed by atoms with E-state index in [4.69, 9.17) is 28.6 Å². The predicted octanol–water partition coefficient (Wildman–Crippen LogP) is 2.32. The van der Waals surface area contributed by atoms with E-state index in [0.717, 1.165) is 0 Å². The molecule has 4 nitrogen and oxygen atoms in total. The van der Waals surface area contributed by atoms with Gasteiger partial charge in [-0.3, -0.25) is 5.41 Å². The average Bonchev–Trinajstić information content (AvgIpc) is 2.11. The van der Waals surface area contributed by atoms with Crippen LogP contribution in [0.5, 0.6) is 0 Å². The Labute approximate surface area is 105 Å². The van der Waals surface area contributed by atoms with Gasteiger partial charge >= 0.3 is 5.97 Å². The fourth-order valence-corrected chi connectivity index (χ4v) is 1.09. The van der Waals surface area contributed by atoms with Crippen LogP contribution in [0.3, 0.4) is 0 Å².